The quantitative estimate of drug-likeness (QED) is 0.603. The summed E-state index contributed by atoms with van der Waals surface area (Å²) in [5, 5.41) is 0. The van der Waals surface area contributed by atoms with Crippen molar-refractivity contribution in [2.75, 3.05) is 0 Å². The minimum Gasteiger partial charge on any atom is -0.0882 e. The van der Waals surface area contributed by atoms with Gasteiger partial charge in [-0.05, 0) is 25.7 Å². The third-order valence-electron chi connectivity index (χ3n) is 1.33. The SMILES string of the molecule is C1=CCCC=CCC1.[Ir]. The molecule has 0 unspecified atom stereocenters. The summed E-state index contributed by atoms with van der Waals surface area (Å²) in [5.74, 6) is 0. The van der Waals surface area contributed by atoms with Crippen LogP contribution in [0.5, 0.6) is 0 Å². The number of rotatable bonds is 0. The number of hydrogen-bond donors (Lipinski definition) is 0. The van der Waals surface area contributed by atoms with Gasteiger partial charge in [-0.3, -0.25) is 0 Å². The minimum atomic E-state index is 0. The van der Waals surface area contributed by atoms with Crippen molar-refractivity contribution < 1.29 is 20.1 Å². The fourth-order valence-corrected chi connectivity index (χ4v) is 0.856. The molecule has 0 aromatic carbocycles. The van der Waals surface area contributed by atoms with Gasteiger partial charge in [0.05, 0.1) is 0 Å². The molecular weight excluding hydrogens is 288 g/mol. The molecule has 1 heteroatoms. The molecule has 0 nitrogen and oxygen atoms in total. The monoisotopic (exact) mass is 301 g/mol. The van der Waals surface area contributed by atoms with Crippen molar-refractivity contribution in [3.8, 4) is 0 Å². The topological polar surface area (TPSA) is 0 Å². The molecule has 0 aromatic heterocycles. The molecule has 1 aliphatic carbocycles. The smallest absolute Gasteiger partial charge is 0 e. The van der Waals surface area contributed by atoms with Crippen LogP contribution < -0.4 is 0 Å². The first-order chi connectivity index (χ1) is 4.00. The van der Waals surface area contributed by atoms with Gasteiger partial charge in [-0.1, -0.05) is 24.3 Å². The molecule has 0 saturated heterocycles. The number of allylic oxidation sites excluding steroid dienone is 4. The third kappa shape index (κ3) is 4.62. The van der Waals surface area contributed by atoms with E-state index < -0.39 is 0 Å². The van der Waals surface area contributed by atoms with Gasteiger partial charge >= 0.3 is 0 Å². The maximum atomic E-state index is 2.27. The average Bonchev–Trinajstić information content (AvgIpc) is 1.62. The minimum absolute atomic E-state index is 0. The molecule has 1 radical (unpaired) electrons. The Morgan fingerprint density at radius 3 is 1.00 bits per heavy atom. The van der Waals surface area contributed by atoms with Gasteiger partial charge in [-0.2, -0.15) is 0 Å². The van der Waals surface area contributed by atoms with Crippen LogP contribution in [0.3, 0.4) is 0 Å². The predicted octanol–water partition coefficient (Wildman–Crippen LogP) is 2.67. The van der Waals surface area contributed by atoms with Gasteiger partial charge in [0.1, 0.15) is 0 Å². The van der Waals surface area contributed by atoms with E-state index in [1.807, 2.05) is 0 Å². The Morgan fingerprint density at radius 2 is 0.778 bits per heavy atom. The summed E-state index contributed by atoms with van der Waals surface area (Å²) in [6, 6.07) is 0. The van der Waals surface area contributed by atoms with Crippen LogP contribution in [0.4, 0.5) is 0 Å². The van der Waals surface area contributed by atoms with Crippen LogP contribution in [0.2, 0.25) is 0 Å². The second-order valence-electron chi connectivity index (χ2n) is 2.10. The molecule has 0 amide bonds. The van der Waals surface area contributed by atoms with Crippen LogP contribution in [0.25, 0.3) is 0 Å². The van der Waals surface area contributed by atoms with Gasteiger partial charge in [0.15, 0.2) is 0 Å². The van der Waals surface area contributed by atoms with E-state index in [9.17, 15) is 0 Å². The molecular formula is C8H12Ir. The summed E-state index contributed by atoms with van der Waals surface area (Å²) >= 11 is 0. The third-order valence-corrected chi connectivity index (χ3v) is 1.33. The Kier molecular flexibility index (Phi) is 6.34. The number of hydrogen-bond acceptors (Lipinski definition) is 0. The van der Waals surface area contributed by atoms with Crippen molar-refractivity contribution in [2.45, 2.75) is 25.7 Å². The first-order valence-electron chi connectivity index (χ1n) is 3.30. The van der Waals surface area contributed by atoms with Crippen molar-refractivity contribution in [2.24, 2.45) is 0 Å². The fraction of sp³-hybridized carbons (Fsp3) is 0.500. The summed E-state index contributed by atoms with van der Waals surface area (Å²) in [6.45, 7) is 0. The molecule has 0 spiro atoms. The van der Waals surface area contributed by atoms with Crippen molar-refractivity contribution in [3.63, 3.8) is 0 Å². The molecule has 1 rings (SSSR count). The molecule has 0 heterocycles. The Labute approximate surface area is 70.4 Å². The van der Waals surface area contributed by atoms with E-state index in [1.165, 1.54) is 25.7 Å². The van der Waals surface area contributed by atoms with Crippen molar-refractivity contribution in [3.05, 3.63) is 24.3 Å². The Bertz CT molecular complexity index is 77.1. The molecule has 0 aromatic rings. The van der Waals surface area contributed by atoms with Crippen LogP contribution in [0, 0.1) is 0 Å². The van der Waals surface area contributed by atoms with E-state index in [2.05, 4.69) is 24.3 Å². The molecule has 0 N–H and O–H groups in total. The van der Waals surface area contributed by atoms with Crippen LogP contribution in [0.15, 0.2) is 24.3 Å². The van der Waals surface area contributed by atoms with E-state index in [0.717, 1.165) is 0 Å². The second kappa shape index (κ2) is 6.25. The van der Waals surface area contributed by atoms with Crippen LogP contribution >= 0.6 is 0 Å². The van der Waals surface area contributed by atoms with Gasteiger partial charge in [0, 0.05) is 20.1 Å². The van der Waals surface area contributed by atoms with E-state index >= 15 is 0 Å². The summed E-state index contributed by atoms with van der Waals surface area (Å²) < 4.78 is 0. The molecule has 0 atom stereocenters. The van der Waals surface area contributed by atoms with Gasteiger partial charge in [-0.25, -0.2) is 0 Å². The largest absolute Gasteiger partial charge is 0.0882 e. The van der Waals surface area contributed by atoms with Gasteiger partial charge < -0.3 is 0 Å². The molecule has 0 bridgehead atoms. The Balaban J connectivity index is 0.000000640. The predicted molar refractivity (Wildman–Crippen MR) is 36.7 cm³/mol. The van der Waals surface area contributed by atoms with E-state index in [-0.39, 0.29) is 20.1 Å². The first-order valence-corrected chi connectivity index (χ1v) is 3.30. The Morgan fingerprint density at radius 1 is 0.556 bits per heavy atom. The summed E-state index contributed by atoms with van der Waals surface area (Å²) in [4.78, 5) is 0. The zero-order valence-electron chi connectivity index (χ0n) is 5.47. The maximum Gasteiger partial charge on any atom is 0 e. The molecule has 0 saturated carbocycles. The van der Waals surface area contributed by atoms with Crippen LogP contribution in [-0.2, 0) is 20.1 Å². The van der Waals surface area contributed by atoms with Crippen molar-refractivity contribution >= 4 is 0 Å². The normalized spacial score (nSPS) is 17.8. The molecule has 0 fully saturated rings. The fourth-order valence-electron chi connectivity index (χ4n) is 0.856. The summed E-state index contributed by atoms with van der Waals surface area (Å²) in [6.07, 6.45) is 14.0. The van der Waals surface area contributed by atoms with Crippen molar-refractivity contribution in [1.82, 2.24) is 0 Å². The maximum absolute atomic E-state index is 2.27. The zero-order valence-corrected chi connectivity index (χ0v) is 7.87. The zero-order chi connectivity index (χ0) is 5.66. The van der Waals surface area contributed by atoms with Crippen molar-refractivity contribution in [1.29, 1.82) is 0 Å². The molecule has 9 heavy (non-hydrogen) atoms. The molecule has 0 aliphatic heterocycles. The molecule has 53 valence electrons. The summed E-state index contributed by atoms with van der Waals surface area (Å²) in [5.41, 5.74) is 0. The van der Waals surface area contributed by atoms with Gasteiger partial charge in [0.25, 0.3) is 0 Å². The van der Waals surface area contributed by atoms with Crippen LogP contribution in [-0.4, -0.2) is 0 Å². The van der Waals surface area contributed by atoms with Crippen LogP contribution in [0.1, 0.15) is 25.7 Å². The summed E-state index contributed by atoms with van der Waals surface area (Å²) in [7, 11) is 0. The van der Waals surface area contributed by atoms with Gasteiger partial charge in [-0.15, -0.1) is 0 Å². The van der Waals surface area contributed by atoms with Gasteiger partial charge in [0.2, 0.25) is 0 Å². The Hall–Kier alpha value is 0.129. The first kappa shape index (κ1) is 9.13. The molecule has 1 aliphatic rings. The average molecular weight is 300 g/mol. The standard InChI is InChI=1S/C8H12.Ir/c1-2-4-6-8-7-5-3-1;/h1-2,7-8H,3-6H2;. The van der Waals surface area contributed by atoms with E-state index in [1.54, 1.807) is 0 Å². The van der Waals surface area contributed by atoms with E-state index in [4.69, 9.17) is 0 Å². The second-order valence-corrected chi connectivity index (χ2v) is 2.10. The van der Waals surface area contributed by atoms with E-state index in [0.29, 0.717) is 0 Å².